The Bertz CT molecular complexity index is 484. The Hall–Kier alpha value is -2.42. The molecule has 0 aliphatic heterocycles. The number of imide groups is 1. The zero-order valence-corrected chi connectivity index (χ0v) is 10.8. The van der Waals surface area contributed by atoms with Gasteiger partial charge in [-0.2, -0.15) is 0 Å². The average molecular weight is 285 g/mol. The number of nitrogens with one attached hydrogen (secondary N) is 2. The van der Waals surface area contributed by atoms with Crippen molar-refractivity contribution in [3.63, 3.8) is 0 Å². The number of amides is 3. The molecule has 9 heteroatoms. The van der Waals surface area contributed by atoms with Crippen molar-refractivity contribution >= 4 is 17.9 Å². The molecule has 0 aliphatic carbocycles. The SMILES string of the molecule is CCc1cnc(CNC(=O)NC(=O)COCC(=O)O)o1. The van der Waals surface area contributed by atoms with Crippen LogP contribution in [0, 0.1) is 0 Å². The first kappa shape index (κ1) is 15.6. The van der Waals surface area contributed by atoms with Crippen molar-refractivity contribution < 1.29 is 28.6 Å². The van der Waals surface area contributed by atoms with Gasteiger partial charge in [0.2, 0.25) is 5.89 Å². The molecule has 0 saturated carbocycles. The van der Waals surface area contributed by atoms with Crippen LogP contribution < -0.4 is 10.6 Å². The number of hydrogen-bond donors (Lipinski definition) is 3. The normalized spacial score (nSPS) is 10.1. The first-order valence-electron chi connectivity index (χ1n) is 5.82. The summed E-state index contributed by atoms with van der Waals surface area (Å²) in [5, 5.41) is 12.6. The van der Waals surface area contributed by atoms with E-state index in [4.69, 9.17) is 9.52 Å². The summed E-state index contributed by atoms with van der Waals surface area (Å²) in [6.45, 7) is 0.819. The molecule has 0 atom stereocenters. The summed E-state index contributed by atoms with van der Waals surface area (Å²) in [4.78, 5) is 36.5. The van der Waals surface area contributed by atoms with Gasteiger partial charge in [0, 0.05) is 6.42 Å². The molecular formula is C11H15N3O6. The third-order valence-electron chi connectivity index (χ3n) is 2.06. The molecule has 0 saturated heterocycles. The molecule has 0 fully saturated rings. The van der Waals surface area contributed by atoms with Crippen LogP contribution in [0.1, 0.15) is 18.6 Å². The summed E-state index contributed by atoms with van der Waals surface area (Å²) in [6.07, 6.45) is 2.25. The van der Waals surface area contributed by atoms with Gasteiger partial charge in [-0.15, -0.1) is 0 Å². The third-order valence-corrected chi connectivity index (χ3v) is 2.06. The van der Waals surface area contributed by atoms with Crippen molar-refractivity contribution in [1.82, 2.24) is 15.6 Å². The number of carboxylic acid groups (broad SMARTS) is 1. The molecule has 9 nitrogen and oxygen atoms in total. The Morgan fingerprint density at radius 3 is 2.75 bits per heavy atom. The number of oxazole rings is 1. The maximum absolute atomic E-state index is 11.3. The number of urea groups is 1. The summed E-state index contributed by atoms with van der Waals surface area (Å²) < 4.78 is 9.77. The number of carbonyl (C=O) groups is 3. The topological polar surface area (TPSA) is 131 Å². The van der Waals surface area contributed by atoms with Crippen molar-refractivity contribution in [2.45, 2.75) is 19.9 Å². The van der Waals surface area contributed by atoms with E-state index in [1.54, 1.807) is 6.20 Å². The first-order chi connectivity index (χ1) is 9.51. The Labute approximate surface area is 114 Å². The van der Waals surface area contributed by atoms with E-state index in [1.807, 2.05) is 12.2 Å². The number of carboxylic acids is 1. The van der Waals surface area contributed by atoms with Gasteiger partial charge in [0.1, 0.15) is 19.0 Å². The highest BCUT2D eigenvalue weighted by Gasteiger charge is 2.10. The van der Waals surface area contributed by atoms with Crippen LogP contribution in [-0.4, -0.2) is 41.2 Å². The number of aromatic nitrogens is 1. The van der Waals surface area contributed by atoms with E-state index in [1.165, 1.54) is 0 Å². The molecule has 0 spiro atoms. The molecule has 1 heterocycles. The molecule has 3 amide bonds. The Kier molecular flexibility index (Phi) is 6.17. The maximum Gasteiger partial charge on any atom is 0.329 e. The monoisotopic (exact) mass is 285 g/mol. The molecule has 110 valence electrons. The van der Waals surface area contributed by atoms with Crippen LogP contribution in [0.5, 0.6) is 0 Å². The quantitative estimate of drug-likeness (QED) is 0.624. The van der Waals surface area contributed by atoms with Crippen molar-refractivity contribution in [2.24, 2.45) is 0 Å². The second-order valence-electron chi connectivity index (χ2n) is 3.69. The number of aliphatic carboxylic acids is 1. The number of aryl methyl sites for hydroxylation is 1. The number of ether oxygens (including phenoxy) is 1. The summed E-state index contributed by atoms with van der Waals surface area (Å²) >= 11 is 0. The van der Waals surface area contributed by atoms with Gasteiger partial charge in [-0.25, -0.2) is 14.6 Å². The minimum atomic E-state index is -1.20. The van der Waals surface area contributed by atoms with Crippen molar-refractivity contribution in [3.8, 4) is 0 Å². The van der Waals surface area contributed by atoms with Crippen LogP contribution in [-0.2, 0) is 27.3 Å². The molecule has 0 aromatic carbocycles. The van der Waals surface area contributed by atoms with Gasteiger partial charge in [0.15, 0.2) is 0 Å². The van der Waals surface area contributed by atoms with Crippen LogP contribution in [0.4, 0.5) is 4.79 Å². The molecule has 3 N–H and O–H groups in total. The predicted octanol–water partition coefficient (Wildman–Crippen LogP) is -0.336. The fourth-order valence-corrected chi connectivity index (χ4v) is 1.19. The highest BCUT2D eigenvalue weighted by atomic mass is 16.5. The molecule has 1 aromatic heterocycles. The lowest BCUT2D eigenvalue weighted by Crippen LogP contribution is -2.41. The Morgan fingerprint density at radius 1 is 1.40 bits per heavy atom. The number of rotatable bonds is 7. The number of carbonyl (C=O) groups excluding carboxylic acids is 2. The van der Waals surface area contributed by atoms with Gasteiger partial charge >= 0.3 is 12.0 Å². The number of nitrogens with zero attached hydrogens (tertiary/aromatic N) is 1. The lowest BCUT2D eigenvalue weighted by molar-refractivity contribution is -0.143. The van der Waals surface area contributed by atoms with Gasteiger partial charge in [-0.3, -0.25) is 10.1 Å². The fourth-order valence-electron chi connectivity index (χ4n) is 1.19. The Balaban J connectivity index is 2.22. The van der Waals surface area contributed by atoms with Crippen molar-refractivity contribution in [3.05, 3.63) is 17.8 Å². The molecule has 0 aliphatic rings. The van der Waals surface area contributed by atoms with Crippen LogP contribution in [0.3, 0.4) is 0 Å². The highest BCUT2D eigenvalue weighted by molar-refractivity contribution is 5.94. The van der Waals surface area contributed by atoms with E-state index >= 15 is 0 Å². The molecule has 1 aromatic rings. The lowest BCUT2D eigenvalue weighted by Gasteiger charge is -2.04. The van der Waals surface area contributed by atoms with E-state index in [0.29, 0.717) is 18.1 Å². The zero-order valence-electron chi connectivity index (χ0n) is 10.8. The second-order valence-corrected chi connectivity index (χ2v) is 3.69. The number of hydrogen-bond acceptors (Lipinski definition) is 6. The van der Waals surface area contributed by atoms with Crippen molar-refractivity contribution in [1.29, 1.82) is 0 Å². The van der Waals surface area contributed by atoms with Gasteiger partial charge in [-0.05, 0) is 0 Å². The maximum atomic E-state index is 11.3. The van der Waals surface area contributed by atoms with Gasteiger partial charge < -0.3 is 19.6 Å². The van der Waals surface area contributed by atoms with E-state index in [-0.39, 0.29) is 6.54 Å². The Morgan fingerprint density at radius 2 is 2.15 bits per heavy atom. The zero-order chi connectivity index (χ0) is 15.0. The predicted molar refractivity (Wildman–Crippen MR) is 64.7 cm³/mol. The van der Waals surface area contributed by atoms with Gasteiger partial charge in [0.05, 0.1) is 12.7 Å². The minimum absolute atomic E-state index is 0.0368. The highest BCUT2D eigenvalue weighted by Crippen LogP contribution is 2.03. The molecular weight excluding hydrogens is 270 g/mol. The smallest absolute Gasteiger partial charge is 0.329 e. The average Bonchev–Trinajstić information content (AvgIpc) is 2.83. The van der Waals surface area contributed by atoms with Crippen molar-refractivity contribution in [2.75, 3.05) is 13.2 Å². The molecule has 0 unspecified atom stereocenters. The van der Waals surface area contributed by atoms with E-state index in [9.17, 15) is 14.4 Å². The first-order valence-corrected chi connectivity index (χ1v) is 5.82. The van der Waals surface area contributed by atoms with Crippen LogP contribution in [0.25, 0.3) is 0 Å². The van der Waals surface area contributed by atoms with Crippen LogP contribution in [0.2, 0.25) is 0 Å². The second kappa shape index (κ2) is 7.89. The lowest BCUT2D eigenvalue weighted by atomic mass is 10.4. The van der Waals surface area contributed by atoms with E-state index in [2.05, 4.69) is 15.0 Å². The molecule has 0 bridgehead atoms. The summed E-state index contributed by atoms with van der Waals surface area (Å²) in [5.41, 5.74) is 0. The minimum Gasteiger partial charge on any atom is -0.480 e. The van der Waals surface area contributed by atoms with Crippen LogP contribution >= 0.6 is 0 Å². The van der Waals surface area contributed by atoms with Crippen LogP contribution in [0.15, 0.2) is 10.6 Å². The summed E-state index contributed by atoms with van der Waals surface area (Å²) in [5.74, 6) is -0.921. The van der Waals surface area contributed by atoms with E-state index in [0.717, 1.165) is 0 Å². The molecule has 1 rings (SSSR count). The fraction of sp³-hybridized carbons (Fsp3) is 0.455. The summed E-state index contributed by atoms with van der Waals surface area (Å²) in [7, 11) is 0. The largest absolute Gasteiger partial charge is 0.480 e. The standard InChI is InChI=1S/C11H15N3O6/c1-2-7-3-12-9(20-7)4-13-11(18)14-8(15)5-19-6-10(16)17/h3H,2,4-6H2,1H3,(H,16,17)(H2,13,14,15,18). The third kappa shape index (κ3) is 5.96. The van der Waals surface area contributed by atoms with E-state index < -0.39 is 31.1 Å². The molecule has 0 radical (unpaired) electrons. The van der Waals surface area contributed by atoms with Gasteiger partial charge in [0.25, 0.3) is 5.91 Å². The van der Waals surface area contributed by atoms with Gasteiger partial charge in [-0.1, -0.05) is 6.92 Å². The molecule has 20 heavy (non-hydrogen) atoms. The summed E-state index contributed by atoms with van der Waals surface area (Å²) in [6, 6.07) is -0.745.